The van der Waals surface area contributed by atoms with Crippen LogP contribution in [-0.4, -0.2) is 37.7 Å². The molecule has 6 aromatic rings. The zero-order valence-corrected chi connectivity index (χ0v) is 22.5. The summed E-state index contributed by atoms with van der Waals surface area (Å²) in [7, 11) is 0. The molecule has 0 fully saturated rings. The van der Waals surface area contributed by atoms with Crippen LogP contribution in [0, 0.1) is 0 Å². The van der Waals surface area contributed by atoms with Crippen molar-refractivity contribution in [3.8, 4) is 28.2 Å². The Labute approximate surface area is 240 Å². The fourth-order valence-electron chi connectivity index (χ4n) is 4.52. The van der Waals surface area contributed by atoms with E-state index in [1.807, 2.05) is 66.7 Å². The third kappa shape index (κ3) is 5.44. The number of aromatic amines is 1. The minimum absolute atomic E-state index is 0.181. The lowest BCUT2D eigenvalue weighted by atomic mass is 10.0. The van der Waals surface area contributed by atoms with Gasteiger partial charge in [-0.2, -0.15) is 0 Å². The van der Waals surface area contributed by atoms with E-state index in [1.54, 1.807) is 42.5 Å². The number of anilines is 1. The predicted molar refractivity (Wildman–Crippen MR) is 160 cm³/mol. The number of H-pyrrole nitrogens is 1. The number of nitrogens with one attached hydrogen (secondary N) is 2. The molecule has 9 nitrogen and oxygen atoms in total. The number of amides is 1. The SMILES string of the molecule is CC(OC(=O)c1ccc2nc(-c3ccccc3)c(-c3ccccc3)nc2c1)C(=O)Nc1cc(=O)n(-c2ccccc2)[nH]1. The van der Waals surface area contributed by atoms with E-state index in [0.29, 0.717) is 22.4 Å². The zero-order chi connectivity index (χ0) is 29.1. The van der Waals surface area contributed by atoms with E-state index in [4.69, 9.17) is 14.7 Å². The predicted octanol–water partition coefficient (Wildman–Crippen LogP) is 5.63. The standard InChI is InChI=1S/C33H25N5O4/c1-21(32(40)36-28-20-29(39)38(37-28)25-15-9-4-10-16-25)42-33(41)24-17-18-26-27(19-24)35-31(23-13-7-3-8-14-23)30(34-26)22-11-5-2-6-12-22/h2-21,37H,1H3,(H,36,40). The van der Waals surface area contributed by atoms with Gasteiger partial charge >= 0.3 is 5.97 Å². The molecular formula is C33H25N5O4. The van der Waals surface area contributed by atoms with Crippen LogP contribution < -0.4 is 10.9 Å². The summed E-state index contributed by atoms with van der Waals surface area (Å²) in [6.07, 6.45) is -1.14. The van der Waals surface area contributed by atoms with Gasteiger partial charge in [0.05, 0.1) is 33.7 Å². The van der Waals surface area contributed by atoms with E-state index in [-0.39, 0.29) is 16.9 Å². The molecule has 0 spiro atoms. The number of fused-ring (bicyclic) bond motifs is 1. The van der Waals surface area contributed by atoms with Gasteiger partial charge in [-0.05, 0) is 37.3 Å². The maximum absolute atomic E-state index is 13.0. The molecule has 42 heavy (non-hydrogen) atoms. The molecule has 0 aliphatic rings. The van der Waals surface area contributed by atoms with Crippen molar-refractivity contribution in [1.82, 2.24) is 19.7 Å². The topological polar surface area (TPSA) is 119 Å². The summed E-state index contributed by atoms with van der Waals surface area (Å²) in [6.45, 7) is 1.46. The highest BCUT2D eigenvalue weighted by Gasteiger charge is 2.21. The fraction of sp³-hybridized carbons (Fsp3) is 0.0606. The van der Waals surface area contributed by atoms with Gasteiger partial charge in [-0.1, -0.05) is 78.9 Å². The van der Waals surface area contributed by atoms with Crippen molar-refractivity contribution in [1.29, 1.82) is 0 Å². The molecule has 1 amide bonds. The van der Waals surface area contributed by atoms with Gasteiger partial charge in [0.15, 0.2) is 6.10 Å². The first-order chi connectivity index (χ1) is 20.5. The number of rotatable bonds is 7. The molecule has 9 heteroatoms. The molecule has 0 saturated carbocycles. The molecule has 2 N–H and O–H groups in total. The Hall–Kier alpha value is -5.83. The van der Waals surface area contributed by atoms with Crippen molar-refractivity contribution >= 4 is 28.7 Å². The van der Waals surface area contributed by atoms with Crippen LogP contribution in [0.1, 0.15) is 17.3 Å². The van der Waals surface area contributed by atoms with E-state index in [9.17, 15) is 14.4 Å². The minimum atomic E-state index is -1.14. The molecule has 2 aromatic heterocycles. The van der Waals surface area contributed by atoms with Crippen molar-refractivity contribution in [3.05, 3.63) is 131 Å². The lowest BCUT2D eigenvalue weighted by Crippen LogP contribution is -2.30. The summed E-state index contributed by atoms with van der Waals surface area (Å²) in [4.78, 5) is 47.9. The molecule has 0 bridgehead atoms. The lowest BCUT2D eigenvalue weighted by Gasteiger charge is -2.14. The Morgan fingerprint density at radius 2 is 1.33 bits per heavy atom. The third-order valence-electron chi connectivity index (χ3n) is 6.64. The zero-order valence-electron chi connectivity index (χ0n) is 22.5. The van der Waals surface area contributed by atoms with Crippen molar-refractivity contribution in [2.45, 2.75) is 13.0 Å². The molecule has 0 saturated heterocycles. The third-order valence-corrected chi connectivity index (χ3v) is 6.64. The Morgan fingerprint density at radius 3 is 1.95 bits per heavy atom. The number of hydrogen-bond acceptors (Lipinski definition) is 6. The summed E-state index contributed by atoms with van der Waals surface area (Å²) in [5.74, 6) is -1.10. The average Bonchev–Trinajstić information content (AvgIpc) is 3.40. The molecule has 6 rings (SSSR count). The van der Waals surface area contributed by atoms with E-state index in [0.717, 1.165) is 16.8 Å². The number of hydrogen-bond donors (Lipinski definition) is 2. The first-order valence-electron chi connectivity index (χ1n) is 13.3. The quantitative estimate of drug-likeness (QED) is 0.247. The Balaban J connectivity index is 1.22. The highest BCUT2D eigenvalue weighted by atomic mass is 16.5. The monoisotopic (exact) mass is 555 g/mol. The molecule has 0 aliphatic carbocycles. The van der Waals surface area contributed by atoms with Crippen LogP contribution in [0.2, 0.25) is 0 Å². The molecular weight excluding hydrogens is 530 g/mol. The van der Waals surface area contributed by atoms with Crippen molar-refractivity contribution in [2.75, 3.05) is 5.32 Å². The van der Waals surface area contributed by atoms with Crippen LogP contribution in [0.4, 0.5) is 5.82 Å². The fourth-order valence-corrected chi connectivity index (χ4v) is 4.52. The van der Waals surface area contributed by atoms with Crippen molar-refractivity contribution in [2.24, 2.45) is 0 Å². The maximum atomic E-state index is 13.0. The van der Waals surface area contributed by atoms with Gasteiger partial charge in [0, 0.05) is 17.2 Å². The molecule has 4 aromatic carbocycles. The summed E-state index contributed by atoms with van der Waals surface area (Å²) in [6, 6.07) is 34.6. The van der Waals surface area contributed by atoms with Gasteiger partial charge < -0.3 is 10.1 Å². The van der Waals surface area contributed by atoms with Crippen LogP contribution in [0.5, 0.6) is 0 Å². The van der Waals surface area contributed by atoms with Gasteiger partial charge in [0.2, 0.25) is 0 Å². The molecule has 0 aliphatic heterocycles. The van der Waals surface area contributed by atoms with E-state index in [2.05, 4.69) is 10.4 Å². The Morgan fingerprint density at radius 1 is 0.762 bits per heavy atom. The van der Waals surface area contributed by atoms with Crippen LogP contribution in [0.15, 0.2) is 120 Å². The highest BCUT2D eigenvalue weighted by Crippen LogP contribution is 2.31. The number of nitrogens with zero attached hydrogens (tertiary/aromatic N) is 3. The average molecular weight is 556 g/mol. The van der Waals surface area contributed by atoms with Gasteiger partial charge in [-0.25, -0.2) is 19.4 Å². The first kappa shape index (κ1) is 26.4. The van der Waals surface area contributed by atoms with Crippen molar-refractivity contribution < 1.29 is 14.3 Å². The number of benzene rings is 4. The molecule has 2 heterocycles. The largest absolute Gasteiger partial charge is 0.449 e. The maximum Gasteiger partial charge on any atom is 0.338 e. The van der Waals surface area contributed by atoms with Gasteiger partial charge in [0.1, 0.15) is 5.82 Å². The number of carbonyl (C=O) groups is 2. The van der Waals surface area contributed by atoms with Gasteiger partial charge in [-0.15, -0.1) is 0 Å². The Bertz CT molecular complexity index is 1950. The highest BCUT2D eigenvalue weighted by molar-refractivity contribution is 5.98. The van der Waals surface area contributed by atoms with E-state index >= 15 is 0 Å². The van der Waals surface area contributed by atoms with Gasteiger partial charge in [-0.3, -0.25) is 14.7 Å². The summed E-state index contributed by atoms with van der Waals surface area (Å²) < 4.78 is 6.75. The molecule has 0 radical (unpaired) electrons. The number of para-hydroxylation sites is 1. The minimum Gasteiger partial charge on any atom is -0.449 e. The van der Waals surface area contributed by atoms with Crippen molar-refractivity contribution in [3.63, 3.8) is 0 Å². The first-order valence-corrected chi connectivity index (χ1v) is 13.3. The number of ether oxygens (including phenoxy) is 1. The van der Waals surface area contributed by atoms with Crippen LogP contribution >= 0.6 is 0 Å². The van der Waals surface area contributed by atoms with E-state index < -0.39 is 18.0 Å². The summed E-state index contributed by atoms with van der Waals surface area (Å²) in [5.41, 5.74) is 4.86. The van der Waals surface area contributed by atoms with Crippen LogP contribution in [-0.2, 0) is 9.53 Å². The molecule has 1 atom stereocenters. The summed E-state index contributed by atoms with van der Waals surface area (Å²) >= 11 is 0. The number of esters is 1. The summed E-state index contributed by atoms with van der Waals surface area (Å²) in [5, 5.41) is 5.43. The van der Waals surface area contributed by atoms with E-state index in [1.165, 1.54) is 17.7 Å². The molecule has 1 unspecified atom stereocenters. The number of carbonyl (C=O) groups excluding carboxylic acids is 2. The number of aromatic nitrogens is 4. The lowest BCUT2D eigenvalue weighted by molar-refractivity contribution is -0.123. The Kier molecular flexibility index (Phi) is 7.13. The van der Waals surface area contributed by atoms with Crippen LogP contribution in [0.25, 0.3) is 39.2 Å². The second-order valence-electron chi connectivity index (χ2n) is 9.57. The van der Waals surface area contributed by atoms with Gasteiger partial charge in [0.25, 0.3) is 11.5 Å². The van der Waals surface area contributed by atoms with Crippen LogP contribution in [0.3, 0.4) is 0 Å². The normalized spacial score (nSPS) is 11.6. The second-order valence-corrected chi connectivity index (χ2v) is 9.57. The second kappa shape index (κ2) is 11.3. The smallest absolute Gasteiger partial charge is 0.338 e. The molecule has 206 valence electrons.